The van der Waals surface area contributed by atoms with Crippen molar-refractivity contribution in [2.24, 2.45) is 5.92 Å². The maximum Gasteiger partial charge on any atom is 0.213 e. The van der Waals surface area contributed by atoms with Gasteiger partial charge >= 0.3 is 0 Å². The molecule has 0 N–H and O–H groups in total. The number of nitrogens with zero attached hydrogens (tertiary/aromatic N) is 2. The van der Waals surface area contributed by atoms with Crippen molar-refractivity contribution in [3.05, 3.63) is 36.0 Å². The van der Waals surface area contributed by atoms with Gasteiger partial charge in [-0.15, -0.1) is 0 Å². The van der Waals surface area contributed by atoms with Crippen molar-refractivity contribution in [3.8, 4) is 5.88 Å². The van der Waals surface area contributed by atoms with E-state index in [1.54, 1.807) is 13.3 Å². The van der Waals surface area contributed by atoms with Crippen LogP contribution in [0, 0.1) is 5.92 Å². The van der Waals surface area contributed by atoms with Crippen molar-refractivity contribution < 1.29 is 9.53 Å². The molecule has 0 aromatic carbocycles. The van der Waals surface area contributed by atoms with Gasteiger partial charge in [0.2, 0.25) is 5.88 Å². The summed E-state index contributed by atoms with van der Waals surface area (Å²) in [4.78, 5) is 20.1. The summed E-state index contributed by atoms with van der Waals surface area (Å²) in [6.45, 7) is 0. The Morgan fingerprint density at radius 2 is 2.05 bits per heavy atom. The number of hydrogen-bond donors (Lipinski definition) is 0. The van der Waals surface area contributed by atoms with Crippen LogP contribution in [-0.4, -0.2) is 22.9 Å². The predicted molar refractivity (Wildman–Crippen MR) is 82.1 cm³/mol. The molecular formula is C17H18N2O2. The molecule has 108 valence electrons. The van der Waals surface area contributed by atoms with Crippen LogP contribution < -0.4 is 4.74 Å². The first-order chi connectivity index (χ1) is 10.3. The number of carbonyl (C=O) groups is 1. The molecule has 4 heteroatoms. The number of Topliss-reactive ketones (excluding diaryl/α,β-unsaturated/α-hetero) is 1. The predicted octanol–water partition coefficient (Wildman–Crippen LogP) is 3.41. The molecule has 1 aliphatic rings. The van der Waals surface area contributed by atoms with E-state index in [2.05, 4.69) is 22.1 Å². The minimum atomic E-state index is 0.389. The van der Waals surface area contributed by atoms with E-state index in [0.717, 1.165) is 29.4 Å². The van der Waals surface area contributed by atoms with Crippen LogP contribution in [0.1, 0.15) is 31.2 Å². The number of ether oxygens (including phenoxy) is 1. The van der Waals surface area contributed by atoms with E-state index in [1.807, 2.05) is 18.2 Å². The lowest BCUT2D eigenvalue weighted by molar-refractivity contribution is -0.120. The van der Waals surface area contributed by atoms with Gasteiger partial charge in [-0.05, 0) is 30.9 Å². The van der Waals surface area contributed by atoms with Gasteiger partial charge in [-0.3, -0.25) is 9.78 Å². The zero-order valence-corrected chi connectivity index (χ0v) is 12.1. The molecule has 1 fully saturated rings. The molecule has 21 heavy (non-hydrogen) atoms. The van der Waals surface area contributed by atoms with Gasteiger partial charge in [0.25, 0.3) is 0 Å². The number of hydrogen-bond acceptors (Lipinski definition) is 4. The minimum Gasteiger partial charge on any atom is -0.481 e. The Bertz CT molecular complexity index is 684. The second kappa shape index (κ2) is 6.04. The Morgan fingerprint density at radius 3 is 2.81 bits per heavy atom. The van der Waals surface area contributed by atoms with Crippen LogP contribution in [0.25, 0.3) is 17.1 Å². The van der Waals surface area contributed by atoms with Crippen molar-refractivity contribution in [1.29, 1.82) is 0 Å². The van der Waals surface area contributed by atoms with E-state index in [-0.39, 0.29) is 0 Å². The summed E-state index contributed by atoms with van der Waals surface area (Å²) in [5.74, 6) is 1.46. The number of methoxy groups -OCH3 is 1. The SMILES string of the molecule is COc1ccc2nccc(C=CC3CCC(=O)CC3)c2n1. The van der Waals surface area contributed by atoms with Gasteiger partial charge in [0.1, 0.15) is 5.78 Å². The molecular weight excluding hydrogens is 264 g/mol. The Hall–Kier alpha value is -2.23. The Kier molecular flexibility index (Phi) is 3.95. The molecule has 3 rings (SSSR count). The minimum absolute atomic E-state index is 0.389. The van der Waals surface area contributed by atoms with Crippen LogP contribution in [0.2, 0.25) is 0 Å². The van der Waals surface area contributed by atoms with Crippen LogP contribution in [0.3, 0.4) is 0 Å². The average molecular weight is 282 g/mol. The van der Waals surface area contributed by atoms with Gasteiger partial charge in [-0.1, -0.05) is 12.2 Å². The second-order valence-electron chi connectivity index (χ2n) is 5.36. The first-order valence-corrected chi connectivity index (χ1v) is 7.26. The number of rotatable bonds is 3. The highest BCUT2D eigenvalue weighted by Crippen LogP contribution is 2.25. The van der Waals surface area contributed by atoms with Gasteiger partial charge in [0, 0.05) is 30.7 Å². The lowest BCUT2D eigenvalue weighted by Crippen LogP contribution is -2.11. The van der Waals surface area contributed by atoms with Crippen LogP contribution in [-0.2, 0) is 4.79 Å². The summed E-state index contributed by atoms with van der Waals surface area (Å²) in [5, 5.41) is 0. The van der Waals surface area contributed by atoms with Gasteiger partial charge in [-0.2, -0.15) is 0 Å². The Morgan fingerprint density at radius 1 is 1.24 bits per heavy atom. The number of pyridine rings is 2. The molecule has 0 aliphatic heterocycles. The number of fused-ring (bicyclic) bond motifs is 1. The lowest BCUT2D eigenvalue weighted by atomic mass is 9.88. The van der Waals surface area contributed by atoms with Crippen LogP contribution in [0.15, 0.2) is 30.5 Å². The molecule has 4 nitrogen and oxygen atoms in total. The molecule has 1 saturated carbocycles. The summed E-state index contributed by atoms with van der Waals surface area (Å²) in [6.07, 6.45) is 9.40. The monoisotopic (exact) mass is 282 g/mol. The molecule has 0 bridgehead atoms. The van der Waals surface area contributed by atoms with Crippen molar-refractivity contribution in [3.63, 3.8) is 0 Å². The van der Waals surface area contributed by atoms with E-state index in [9.17, 15) is 4.79 Å². The Balaban J connectivity index is 1.87. The van der Waals surface area contributed by atoms with Gasteiger partial charge in [0.15, 0.2) is 0 Å². The van der Waals surface area contributed by atoms with Gasteiger partial charge in [0.05, 0.1) is 18.1 Å². The van der Waals surface area contributed by atoms with Crippen LogP contribution in [0.4, 0.5) is 0 Å². The fourth-order valence-electron chi connectivity index (χ4n) is 2.67. The van der Waals surface area contributed by atoms with Gasteiger partial charge < -0.3 is 4.74 Å². The maximum absolute atomic E-state index is 11.3. The summed E-state index contributed by atoms with van der Waals surface area (Å²) >= 11 is 0. The zero-order valence-electron chi connectivity index (χ0n) is 12.1. The molecule has 2 aromatic heterocycles. The molecule has 0 unspecified atom stereocenters. The highest BCUT2D eigenvalue weighted by molar-refractivity contribution is 5.84. The van der Waals surface area contributed by atoms with Crippen molar-refractivity contribution >= 4 is 22.9 Å². The molecule has 1 aliphatic carbocycles. The third-order valence-corrected chi connectivity index (χ3v) is 3.93. The van der Waals surface area contributed by atoms with Crippen LogP contribution in [0.5, 0.6) is 5.88 Å². The molecule has 0 radical (unpaired) electrons. The van der Waals surface area contributed by atoms with Gasteiger partial charge in [-0.25, -0.2) is 4.98 Å². The number of aromatic nitrogens is 2. The van der Waals surface area contributed by atoms with E-state index < -0.39 is 0 Å². The van der Waals surface area contributed by atoms with Crippen molar-refractivity contribution in [1.82, 2.24) is 9.97 Å². The van der Waals surface area contributed by atoms with Crippen molar-refractivity contribution in [2.45, 2.75) is 25.7 Å². The van der Waals surface area contributed by atoms with E-state index in [1.165, 1.54) is 0 Å². The summed E-state index contributed by atoms with van der Waals surface area (Å²) in [5.41, 5.74) is 2.74. The molecule has 0 saturated heterocycles. The lowest BCUT2D eigenvalue weighted by Gasteiger charge is -2.17. The highest BCUT2D eigenvalue weighted by Gasteiger charge is 2.16. The topological polar surface area (TPSA) is 52.1 Å². The molecule has 0 amide bonds. The highest BCUT2D eigenvalue weighted by atomic mass is 16.5. The smallest absolute Gasteiger partial charge is 0.213 e. The maximum atomic E-state index is 11.3. The molecule has 2 heterocycles. The third-order valence-electron chi connectivity index (χ3n) is 3.93. The largest absolute Gasteiger partial charge is 0.481 e. The number of allylic oxidation sites excluding steroid dienone is 1. The zero-order chi connectivity index (χ0) is 14.7. The standard InChI is InChI=1S/C17H18N2O2/c1-21-16-9-8-15-17(19-16)13(10-11-18-15)5-2-12-3-6-14(20)7-4-12/h2,5,8-12H,3-4,6-7H2,1H3. The molecule has 2 aromatic rings. The first-order valence-electron chi connectivity index (χ1n) is 7.26. The quantitative estimate of drug-likeness (QED) is 0.865. The summed E-state index contributed by atoms with van der Waals surface area (Å²) < 4.78 is 5.18. The number of carbonyl (C=O) groups excluding carboxylic acids is 1. The molecule has 0 spiro atoms. The third kappa shape index (κ3) is 3.10. The second-order valence-corrected chi connectivity index (χ2v) is 5.36. The Labute approximate surface area is 123 Å². The van der Waals surface area contributed by atoms with E-state index in [0.29, 0.717) is 30.4 Å². The average Bonchev–Trinajstić information content (AvgIpc) is 2.54. The normalized spacial score (nSPS) is 16.7. The fraction of sp³-hybridized carbons (Fsp3) is 0.353. The fourth-order valence-corrected chi connectivity index (χ4v) is 2.67. The van der Waals surface area contributed by atoms with E-state index in [4.69, 9.17) is 4.74 Å². The summed E-state index contributed by atoms with van der Waals surface area (Å²) in [7, 11) is 1.61. The first kappa shape index (κ1) is 13.7. The van der Waals surface area contributed by atoms with E-state index >= 15 is 0 Å². The van der Waals surface area contributed by atoms with Crippen molar-refractivity contribution in [2.75, 3.05) is 7.11 Å². The number of ketones is 1. The summed E-state index contributed by atoms with van der Waals surface area (Å²) in [6, 6.07) is 5.69. The molecule has 0 atom stereocenters. The van der Waals surface area contributed by atoms with Crippen LogP contribution >= 0.6 is 0 Å².